The van der Waals surface area contributed by atoms with Gasteiger partial charge in [0.1, 0.15) is 11.4 Å². The number of nitrogens with two attached hydrogens (primary N) is 2. The third-order valence-corrected chi connectivity index (χ3v) is 2.72. The Kier molecular flexibility index (Phi) is 5.76. The highest BCUT2D eigenvalue weighted by atomic mass is 16.5. The van der Waals surface area contributed by atoms with Crippen LogP contribution in [0.4, 0.5) is 11.5 Å². The number of esters is 1. The van der Waals surface area contributed by atoms with Gasteiger partial charge in [0.25, 0.3) is 0 Å². The number of carbonyl (C=O) groups is 2. The summed E-state index contributed by atoms with van der Waals surface area (Å²) in [6.45, 7) is 2.58. The molecular formula is C13H20N4O3. The number of hydrogen-bond acceptors (Lipinski definition) is 6. The molecule has 0 saturated carbocycles. The number of primary amides is 1. The highest BCUT2D eigenvalue weighted by molar-refractivity contribution is 5.96. The molecular weight excluding hydrogens is 260 g/mol. The maximum absolute atomic E-state index is 11.8. The van der Waals surface area contributed by atoms with Crippen molar-refractivity contribution in [3.63, 3.8) is 0 Å². The third-order valence-electron chi connectivity index (χ3n) is 2.72. The number of amides is 1. The lowest BCUT2D eigenvalue weighted by molar-refractivity contribution is -0.116. The molecule has 0 fully saturated rings. The Morgan fingerprint density at radius 3 is 2.70 bits per heavy atom. The Bertz CT molecular complexity index is 491. The summed E-state index contributed by atoms with van der Waals surface area (Å²) in [7, 11) is 1.28. The van der Waals surface area contributed by atoms with Crippen molar-refractivity contribution in [2.45, 2.75) is 19.8 Å². The van der Waals surface area contributed by atoms with Gasteiger partial charge in [-0.3, -0.25) is 4.79 Å². The van der Waals surface area contributed by atoms with Crippen molar-refractivity contribution in [3.8, 4) is 0 Å². The van der Waals surface area contributed by atoms with Gasteiger partial charge < -0.3 is 21.1 Å². The van der Waals surface area contributed by atoms with Crippen LogP contribution in [-0.2, 0) is 9.53 Å². The molecule has 1 aromatic rings. The van der Waals surface area contributed by atoms with Crippen LogP contribution in [0.5, 0.6) is 0 Å². The maximum atomic E-state index is 11.8. The number of anilines is 2. The molecule has 20 heavy (non-hydrogen) atoms. The van der Waals surface area contributed by atoms with Crippen molar-refractivity contribution < 1.29 is 14.3 Å². The van der Waals surface area contributed by atoms with Gasteiger partial charge in [-0.1, -0.05) is 13.3 Å². The number of carbonyl (C=O) groups excluding carboxylic acids is 2. The Hall–Kier alpha value is -2.31. The molecule has 1 aromatic heterocycles. The maximum Gasteiger partial charge on any atom is 0.341 e. The zero-order valence-electron chi connectivity index (χ0n) is 11.8. The predicted octanol–water partition coefficient (Wildman–Crippen LogP) is 0.542. The van der Waals surface area contributed by atoms with Crippen molar-refractivity contribution in [3.05, 3.63) is 17.8 Å². The van der Waals surface area contributed by atoms with Crippen LogP contribution in [0, 0.1) is 0 Å². The number of hydrogen-bond donors (Lipinski definition) is 2. The molecule has 0 saturated heterocycles. The van der Waals surface area contributed by atoms with E-state index in [1.54, 1.807) is 4.90 Å². The van der Waals surface area contributed by atoms with Crippen LogP contribution in [0.15, 0.2) is 12.3 Å². The van der Waals surface area contributed by atoms with Crippen molar-refractivity contribution in [2.24, 2.45) is 5.73 Å². The topological polar surface area (TPSA) is 112 Å². The van der Waals surface area contributed by atoms with E-state index in [1.165, 1.54) is 19.4 Å². The van der Waals surface area contributed by atoms with Crippen LogP contribution in [-0.4, -0.2) is 37.1 Å². The van der Waals surface area contributed by atoms with Gasteiger partial charge in [-0.15, -0.1) is 0 Å². The van der Waals surface area contributed by atoms with Gasteiger partial charge >= 0.3 is 5.97 Å². The largest absolute Gasteiger partial charge is 0.465 e. The van der Waals surface area contributed by atoms with Gasteiger partial charge in [0, 0.05) is 6.54 Å². The second-order valence-electron chi connectivity index (χ2n) is 4.37. The standard InChI is InChI=1S/C13H20N4O3/c1-3-4-5-17(8-11(15)18)12-10(13(19)20-2)6-9(14)7-16-12/h6-7H,3-5,8,14H2,1-2H3,(H2,15,18). The zero-order chi connectivity index (χ0) is 15.1. The number of ether oxygens (including phenoxy) is 1. The highest BCUT2D eigenvalue weighted by Crippen LogP contribution is 2.21. The van der Waals surface area contributed by atoms with E-state index >= 15 is 0 Å². The van der Waals surface area contributed by atoms with Gasteiger partial charge in [0.2, 0.25) is 5.91 Å². The Labute approximate surface area is 117 Å². The molecule has 0 aliphatic rings. The van der Waals surface area contributed by atoms with Crippen LogP contribution in [0.1, 0.15) is 30.1 Å². The van der Waals surface area contributed by atoms with Gasteiger partial charge in [0.05, 0.1) is 25.5 Å². The first-order valence-corrected chi connectivity index (χ1v) is 6.36. The molecule has 1 heterocycles. The number of rotatable bonds is 7. The van der Waals surface area contributed by atoms with Gasteiger partial charge in [-0.05, 0) is 12.5 Å². The summed E-state index contributed by atoms with van der Waals surface area (Å²) in [5.41, 5.74) is 11.5. The SMILES string of the molecule is CCCCN(CC(N)=O)c1ncc(N)cc1C(=O)OC. The molecule has 7 heteroatoms. The van der Waals surface area contributed by atoms with E-state index in [1.807, 2.05) is 6.92 Å². The molecule has 0 aliphatic heterocycles. The van der Waals surface area contributed by atoms with E-state index in [0.717, 1.165) is 12.8 Å². The number of nitrogens with zero attached hydrogens (tertiary/aromatic N) is 2. The summed E-state index contributed by atoms with van der Waals surface area (Å²) in [5.74, 6) is -0.681. The predicted molar refractivity (Wildman–Crippen MR) is 76.3 cm³/mol. The molecule has 0 aliphatic carbocycles. The van der Waals surface area contributed by atoms with Crippen molar-refractivity contribution in [1.82, 2.24) is 4.98 Å². The van der Waals surface area contributed by atoms with Crippen LogP contribution in [0.3, 0.4) is 0 Å². The molecule has 1 amide bonds. The molecule has 0 aromatic carbocycles. The average molecular weight is 280 g/mol. The summed E-state index contributed by atoms with van der Waals surface area (Å²) in [6.07, 6.45) is 3.22. The summed E-state index contributed by atoms with van der Waals surface area (Å²) in [6, 6.07) is 1.48. The molecule has 0 bridgehead atoms. The first kappa shape index (κ1) is 15.7. The minimum atomic E-state index is -0.550. The van der Waals surface area contributed by atoms with Gasteiger partial charge in [-0.2, -0.15) is 0 Å². The molecule has 0 spiro atoms. The summed E-state index contributed by atoms with van der Waals surface area (Å²) >= 11 is 0. The summed E-state index contributed by atoms with van der Waals surface area (Å²) in [4.78, 5) is 28.8. The number of unbranched alkanes of at least 4 members (excludes halogenated alkanes) is 1. The molecule has 1 rings (SSSR count). The van der Waals surface area contributed by atoms with Crippen LogP contribution < -0.4 is 16.4 Å². The molecule has 0 unspecified atom stereocenters. The first-order valence-electron chi connectivity index (χ1n) is 6.36. The van der Waals surface area contributed by atoms with E-state index in [9.17, 15) is 9.59 Å². The number of aromatic nitrogens is 1. The highest BCUT2D eigenvalue weighted by Gasteiger charge is 2.20. The van der Waals surface area contributed by atoms with E-state index in [4.69, 9.17) is 16.2 Å². The fourth-order valence-corrected chi connectivity index (χ4v) is 1.78. The fraction of sp³-hybridized carbons (Fsp3) is 0.462. The van der Waals surface area contributed by atoms with Gasteiger partial charge in [-0.25, -0.2) is 9.78 Å². The van der Waals surface area contributed by atoms with E-state index in [0.29, 0.717) is 18.1 Å². The van der Waals surface area contributed by atoms with E-state index in [2.05, 4.69) is 4.98 Å². The zero-order valence-corrected chi connectivity index (χ0v) is 11.8. The molecule has 4 N–H and O–H groups in total. The van der Waals surface area contributed by atoms with Crippen molar-refractivity contribution in [1.29, 1.82) is 0 Å². The summed E-state index contributed by atoms with van der Waals surface area (Å²) < 4.78 is 4.71. The molecule has 110 valence electrons. The minimum absolute atomic E-state index is 0.0130. The number of nitrogen functional groups attached to an aromatic ring is 1. The first-order chi connectivity index (χ1) is 9.49. The van der Waals surface area contributed by atoms with Crippen LogP contribution in [0.25, 0.3) is 0 Å². The number of pyridine rings is 1. The van der Waals surface area contributed by atoms with E-state index in [-0.39, 0.29) is 12.1 Å². The van der Waals surface area contributed by atoms with Gasteiger partial charge in [0.15, 0.2) is 0 Å². The normalized spacial score (nSPS) is 10.1. The molecule has 7 nitrogen and oxygen atoms in total. The van der Waals surface area contributed by atoms with E-state index < -0.39 is 11.9 Å². The quantitative estimate of drug-likeness (QED) is 0.705. The second kappa shape index (κ2) is 7.32. The second-order valence-corrected chi connectivity index (χ2v) is 4.37. The lowest BCUT2D eigenvalue weighted by Crippen LogP contribution is -2.36. The Balaban J connectivity index is 3.16. The average Bonchev–Trinajstić information content (AvgIpc) is 2.42. The number of methoxy groups -OCH3 is 1. The monoisotopic (exact) mass is 280 g/mol. The summed E-state index contributed by atoms with van der Waals surface area (Å²) in [5, 5.41) is 0. The Morgan fingerprint density at radius 1 is 1.45 bits per heavy atom. The lowest BCUT2D eigenvalue weighted by atomic mass is 10.2. The molecule has 0 radical (unpaired) electrons. The molecule has 0 atom stereocenters. The van der Waals surface area contributed by atoms with Crippen LogP contribution >= 0.6 is 0 Å². The van der Waals surface area contributed by atoms with Crippen molar-refractivity contribution in [2.75, 3.05) is 30.8 Å². The Morgan fingerprint density at radius 2 is 2.15 bits per heavy atom. The van der Waals surface area contributed by atoms with Crippen LogP contribution in [0.2, 0.25) is 0 Å². The fourth-order valence-electron chi connectivity index (χ4n) is 1.78. The third kappa shape index (κ3) is 4.11. The van der Waals surface area contributed by atoms with Crippen molar-refractivity contribution >= 4 is 23.4 Å². The smallest absolute Gasteiger partial charge is 0.341 e. The lowest BCUT2D eigenvalue weighted by Gasteiger charge is -2.23. The minimum Gasteiger partial charge on any atom is -0.465 e.